The molecular formula is C16H16NO7-. The summed E-state index contributed by atoms with van der Waals surface area (Å²) in [6.45, 7) is 0.407. The van der Waals surface area contributed by atoms with Gasteiger partial charge in [0.2, 0.25) is 0 Å². The molecule has 1 aromatic rings. The summed E-state index contributed by atoms with van der Waals surface area (Å²) in [4.78, 5) is 35.9. The quantitative estimate of drug-likeness (QED) is 0.761. The summed E-state index contributed by atoms with van der Waals surface area (Å²) in [5, 5.41) is 21.0. The van der Waals surface area contributed by atoms with Crippen LogP contribution in [0.2, 0.25) is 0 Å². The zero-order valence-electron chi connectivity index (χ0n) is 13.4. The van der Waals surface area contributed by atoms with Gasteiger partial charge in [-0.25, -0.2) is 0 Å². The minimum atomic E-state index is -1.52. The minimum absolute atomic E-state index is 0.190. The third-order valence-corrected chi connectivity index (χ3v) is 3.72. The number of carbonyl (C=O) groups excluding carboxylic acids is 3. The Bertz CT molecular complexity index is 738. The van der Waals surface area contributed by atoms with Crippen molar-refractivity contribution in [3.63, 3.8) is 0 Å². The highest BCUT2D eigenvalue weighted by atomic mass is 16.5. The average molecular weight is 334 g/mol. The number of aliphatic carboxylic acids is 1. The lowest BCUT2D eigenvalue weighted by molar-refractivity contribution is -0.306. The van der Waals surface area contributed by atoms with Crippen molar-refractivity contribution in [3.05, 3.63) is 35.1 Å². The number of carbonyl (C=O) groups is 3. The van der Waals surface area contributed by atoms with Crippen molar-refractivity contribution >= 4 is 17.7 Å². The zero-order valence-corrected chi connectivity index (χ0v) is 13.4. The van der Waals surface area contributed by atoms with Crippen molar-refractivity contribution in [1.29, 1.82) is 0 Å². The predicted octanol–water partition coefficient (Wildman–Crippen LogP) is -0.262. The van der Waals surface area contributed by atoms with Gasteiger partial charge in [-0.1, -0.05) is 0 Å². The number of aliphatic hydroxyl groups is 1. The van der Waals surface area contributed by atoms with E-state index in [1.807, 2.05) is 0 Å². The third-order valence-electron chi connectivity index (χ3n) is 3.72. The fourth-order valence-electron chi connectivity index (χ4n) is 2.68. The van der Waals surface area contributed by atoms with Crippen molar-refractivity contribution in [2.24, 2.45) is 0 Å². The number of carboxylic acids is 1. The third kappa shape index (κ3) is 2.90. The Morgan fingerprint density at radius 3 is 2.46 bits per heavy atom. The van der Waals surface area contributed by atoms with Gasteiger partial charge in [0, 0.05) is 11.6 Å². The number of ether oxygens (including phenoxy) is 2. The number of benzene rings is 1. The smallest absolute Gasteiger partial charge is 0.290 e. The Kier molecular flexibility index (Phi) is 4.77. The number of ketones is 1. The monoisotopic (exact) mass is 334 g/mol. The van der Waals surface area contributed by atoms with Crippen LogP contribution in [0.5, 0.6) is 11.5 Å². The normalized spacial score (nSPS) is 17.2. The van der Waals surface area contributed by atoms with Crippen molar-refractivity contribution < 1.29 is 34.1 Å². The number of hydrogen-bond acceptors (Lipinski definition) is 7. The van der Waals surface area contributed by atoms with Crippen molar-refractivity contribution in [3.8, 4) is 11.5 Å². The van der Waals surface area contributed by atoms with Gasteiger partial charge in [0.1, 0.15) is 11.5 Å². The molecule has 2 rings (SSSR count). The number of Topliss-reactive ketones (excluding diaryl/α,β-unsaturated/α-hetero) is 1. The van der Waals surface area contributed by atoms with E-state index in [-0.39, 0.29) is 11.3 Å². The predicted molar refractivity (Wildman–Crippen MR) is 79.3 cm³/mol. The molecule has 0 radical (unpaired) electrons. The largest absolute Gasteiger partial charge is 0.548 e. The van der Waals surface area contributed by atoms with Crippen LogP contribution in [0, 0.1) is 0 Å². The molecule has 1 amide bonds. The van der Waals surface area contributed by atoms with Crippen LogP contribution >= 0.6 is 0 Å². The first-order valence-electron chi connectivity index (χ1n) is 6.98. The van der Waals surface area contributed by atoms with E-state index in [1.165, 1.54) is 27.2 Å². The van der Waals surface area contributed by atoms with E-state index >= 15 is 0 Å². The molecule has 1 atom stereocenters. The lowest BCUT2D eigenvalue weighted by atomic mass is 9.95. The number of carboxylic acid groups (broad SMARTS) is 1. The van der Waals surface area contributed by atoms with Gasteiger partial charge < -0.3 is 29.4 Å². The van der Waals surface area contributed by atoms with Crippen LogP contribution in [0.25, 0.3) is 0 Å². The van der Waals surface area contributed by atoms with Crippen molar-refractivity contribution in [1.82, 2.24) is 4.90 Å². The summed E-state index contributed by atoms with van der Waals surface area (Å²) < 4.78 is 10.3. The van der Waals surface area contributed by atoms with E-state index in [1.54, 1.807) is 12.1 Å². The summed E-state index contributed by atoms with van der Waals surface area (Å²) in [7, 11) is 2.85. The maximum absolute atomic E-state index is 12.2. The number of rotatable bonds is 6. The highest BCUT2D eigenvalue weighted by Gasteiger charge is 2.43. The van der Waals surface area contributed by atoms with Gasteiger partial charge in [-0.2, -0.15) is 0 Å². The number of amides is 1. The molecule has 128 valence electrons. The van der Waals surface area contributed by atoms with Crippen LogP contribution < -0.4 is 14.6 Å². The van der Waals surface area contributed by atoms with E-state index in [0.717, 1.165) is 4.90 Å². The summed E-state index contributed by atoms with van der Waals surface area (Å²) in [5.74, 6) is -3.03. The minimum Gasteiger partial charge on any atom is -0.548 e. The zero-order chi connectivity index (χ0) is 18.0. The summed E-state index contributed by atoms with van der Waals surface area (Å²) in [6, 6.07) is 3.56. The molecule has 1 aliphatic rings. The first-order chi connectivity index (χ1) is 11.3. The van der Waals surface area contributed by atoms with E-state index in [4.69, 9.17) is 9.47 Å². The van der Waals surface area contributed by atoms with E-state index < -0.39 is 36.0 Å². The van der Waals surface area contributed by atoms with Gasteiger partial charge in [-0.3, -0.25) is 9.59 Å². The molecule has 0 aliphatic carbocycles. The van der Waals surface area contributed by atoms with Gasteiger partial charge >= 0.3 is 0 Å². The molecular weight excluding hydrogens is 318 g/mol. The van der Waals surface area contributed by atoms with Gasteiger partial charge in [0.05, 0.1) is 38.3 Å². The van der Waals surface area contributed by atoms with Crippen LogP contribution in [0.3, 0.4) is 0 Å². The maximum atomic E-state index is 12.2. The first-order valence-corrected chi connectivity index (χ1v) is 6.98. The second-order valence-corrected chi connectivity index (χ2v) is 5.13. The Balaban J connectivity index is 2.63. The van der Waals surface area contributed by atoms with Crippen molar-refractivity contribution in [2.75, 3.05) is 20.8 Å². The molecule has 24 heavy (non-hydrogen) atoms. The summed E-state index contributed by atoms with van der Waals surface area (Å²) in [5.41, 5.74) is 0.159. The standard InChI is InChI=1S/C16H17NO7/c1-8(18)13-14(17(7-12(19)20)16(22)15(13)21)10-5-4-9(23-2)6-11(10)24-3/h4-6,14,21H,7H2,1-3H3,(H,19,20)/p-1/t14-/m0/s1. The molecule has 1 aromatic carbocycles. The molecule has 0 aromatic heterocycles. The molecule has 0 fully saturated rings. The van der Waals surface area contributed by atoms with Crippen molar-refractivity contribution in [2.45, 2.75) is 13.0 Å². The van der Waals surface area contributed by atoms with Crippen LogP contribution in [0.4, 0.5) is 0 Å². The molecule has 0 bridgehead atoms. The van der Waals surface area contributed by atoms with Crippen LogP contribution in [0.15, 0.2) is 29.5 Å². The highest BCUT2D eigenvalue weighted by molar-refractivity contribution is 6.08. The molecule has 1 aliphatic heterocycles. The molecule has 1 N–H and O–H groups in total. The number of hydrogen-bond donors (Lipinski definition) is 1. The molecule has 8 nitrogen and oxygen atoms in total. The van der Waals surface area contributed by atoms with E-state index in [2.05, 4.69) is 0 Å². The first kappa shape index (κ1) is 17.3. The lowest BCUT2D eigenvalue weighted by Gasteiger charge is -2.28. The van der Waals surface area contributed by atoms with Gasteiger partial charge in [0.25, 0.3) is 5.91 Å². The van der Waals surface area contributed by atoms with Gasteiger partial charge in [0.15, 0.2) is 11.5 Å². The van der Waals surface area contributed by atoms with Crippen LogP contribution in [-0.2, 0) is 14.4 Å². The van der Waals surface area contributed by atoms with Gasteiger partial charge in [-0.15, -0.1) is 0 Å². The molecule has 0 saturated carbocycles. The topological polar surface area (TPSA) is 116 Å². The van der Waals surface area contributed by atoms with E-state index in [0.29, 0.717) is 11.3 Å². The molecule has 8 heteroatoms. The number of aliphatic hydroxyl groups excluding tert-OH is 1. The molecule has 0 unspecified atom stereocenters. The Labute approximate surface area is 137 Å². The average Bonchev–Trinajstić information content (AvgIpc) is 2.78. The highest BCUT2D eigenvalue weighted by Crippen LogP contribution is 2.42. The SMILES string of the molecule is COc1ccc([C@H]2C(C(C)=O)=C(O)C(=O)N2CC(=O)[O-])c(OC)c1. The fraction of sp³-hybridized carbons (Fsp3) is 0.312. The van der Waals surface area contributed by atoms with Gasteiger partial charge in [-0.05, 0) is 19.1 Å². The summed E-state index contributed by atoms with van der Waals surface area (Å²) >= 11 is 0. The second kappa shape index (κ2) is 6.61. The molecule has 0 spiro atoms. The number of nitrogens with zero attached hydrogens (tertiary/aromatic N) is 1. The Morgan fingerprint density at radius 2 is 1.96 bits per heavy atom. The van der Waals surface area contributed by atoms with E-state index in [9.17, 15) is 24.6 Å². The summed E-state index contributed by atoms with van der Waals surface area (Å²) in [6.07, 6.45) is 0. The lowest BCUT2D eigenvalue weighted by Crippen LogP contribution is -2.41. The Morgan fingerprint density at radius 1 is 1.29 bits per heavy atom. The maximum Gasteiger partial charge on any atom is 0.290 e. The fourth-order valence-corrected chi connectivity index (χ4v) is 2.68. The molecule has 1 heterocycles. The molecule has 0 saturated heterocycles. The second-order valence-electron chi connectivity index (χ2n) is 5.13. The van der Waals surface area contributed by atoms with Crippen LogP contribution in [0.1, 0.15) is 18.5 Å². The Hall–Kier alpha value is -3.03. The van der Waals surface area contributed by atoms with Crippen LogP contribution in [-0.4, -0.2) is 48.4 Å². The number of methoxy groups -OCH3 is 2.